The molecule has 1 aromatic heterocycles. The van der Waals surface area contributed by atoms with E-state index in [2.05, 4.69) is 10.2 Å². The van der Waals surface area contributed by atoms with Crippen molar-refractivity contribution < 1.29 is 42.9 Å². The molecule has 0 spiro atoms. The normalized spacial score (nSPS) is 22.5. The molecule has 1 aliphatic rings. The summed E-state index contributed by atoms with van der Waals surface area (Å²) in [5, 5.41) is 8.76. The van der Waals surface area contributed by atoms with Crippen molar-refractivity contribution in [2.45, 2.75) is 71.6 Å². The number of aryl methyl sites for hydroxylation is 1. The van der Waals surface area contributed by atoms with E-state index in [9.17, 15) is 19.2 Å². The number of ether oxygens (including phenoxy) is 5. The van der Waals surface area contributed by atoms with Crippen LogP contribution in [0.3, 0.4) is 0 Å². The summed E-state index contributed by atoms with van der Waals surface area (Å²) in [5.41, 5.74) is 2.51. The van der Waals surface area contributed by atoms with Gasteiger partial charge in [-0.3, -0.25) is 19.2 Å². The van der Waals surface area contributed by atoms with E-state index in [0.29, 0.717) is 28.3 Å². The molecule has 0 amide bonds. The quantitative estimate of drug-likeness (QED) is 0.333. The van der Waals surface area contributed by atoms with Crippen LogP contribution in [0.1, 0.15) is 56.2 Å². The van der Waals surface area contributed by atoms with E-state index in [4.69, 9.17) is 46.9 Å². The Kier molecular flexibility index (Phi) is 10.2. The molecule has 1 fully saturated rings. The highest BCUT2D eigenvalue weighted by atomic mass is 35.5. The Hall–Kier alpha value is -3.28. The summed E-state index contributed by atoms with van der Waals surface area (Å²) in [7, 11) is 0. The lowest BCUT2D eigenvalue weighted by molar-refractivity contribution is -0.254. The molecule has 0 saturated carbocycles. The van der Waals surface area contributed by atoms with Crippen molar-refractivity contribution >= 4 is 47.1 Å². The molecule has 0 unspecified atom stereocenters. The van der Waals surface area contributed by atoms with E-state index in [-0.39, 0.29) is 11.8 Å². The Morgan fingerprint density at radius 1 is 0.846 bits per heavy atom. The molecule has 13 heteroatoms. The number of hydrogen-bond donors (Lipinski definition) is 0. The molecule has 2 heterocycles. The molecule has 0 aliphatic carbocycles. The zero-order chi connectivity index (χ0) is 28.9. The fraction of sp³-hybridized carbons (Fsp3) is 0.462. The minimum Gasteiger partial charge on any atom is -0.463 e. The Bertz CT molecular complexity index is 1260. The van der Waals surface area contributed by atoms with Crippen molar-refractivity contribution in [1.82, 2.24) is 10.2 Å². The molecular weight excluding hydrogens is 555 g/mol. The lowest BCUT2D eigenvalue weighted by Gasteiger charge is -2.44. The van der Waals surface area contributed by atoms with Crippen LogP contribution in [0.25, 0.3) is 0 Å². The standard InChI is InChI=1S/C26H28Cl2N2O9/c1-12-8-19(29-30-26(12)28)10-18-9-17(6-7-20(18)27)22-24(37-15(4)33)25(38-16(5)34)23(36-14(3)32)21(39-22)11-35-13(2)31/h6-9,21-25H,10-11H2,1-5H3/t21-,22-,23+,24-,25-/m0/s1. The maximum Gasteiger partial charge on any atom is 0.303 e. The van der Waals surface area contributed by atoms with Crippen LogP contribution < -0.4 is 0 Å². The van der Waals surface area contributed by atoms with Crippen molar-refractivity contribution in [1.29, 1.82) is 0 Å². The van der Waals surface area contributed by atoms with E-state index in [1.165, 1.54) is 13.8 Å². The third kappa shape index (κ3) is 8.11. The van der Waals surface area contributed by atoms with Crippen LogP contribution >= 0.6 is 23.2 Å². The number of nitrogens with zero attached hydrogens (tertiary/aromatic N) is 2. The van der Waals surface area contributed by atoms with Gasteiger partial charge < -0.3 is 23.7 Å². The average Bonchev–Trinajstić information content (AvgIpc) is 2.83. The van der Waals surface area contributed by atoms with Crippen molar-refractivity contribution in [3.8, 4) is 0 Å². The molecule has 1 saturated heterocycles. The number of aromatic nitrogens is 2. The SMILES string of the molecule is CC(=O)OC[C@@H]1O[C@@H](c2ccc(Cl)c(Cc3cc(C)c(Cl)nn3)c2)[C@H](OC(C)=O)[C@@H](OC(C)=O)[C@@H]1OC(C)=O. The van der Waals surface area contributed by atoms with E-state index in [0.717, 1.165) is 19.4 Å². The molecule has 0 radical (unpaired) electrons. The van der Waals surface area contributed by atoms with Gasteiger partial charge in [-0.2, -0.15) is 5.10 Å². The molecule has 3 rings (SSSR count). The molecule has 1 aliphatic heterocycles. The Balaban J connectivity index is 2.07. The number of esters is 4. The smallest absolute Gasteiger partial charge is 0.303 e. The van der Waals surface area contributed by atoms with Crippen molar-refractivity contribution in [2.75, 3.05) is 6.61 Å². The monoisotopic (exact) mass is 582 g/mol. The van der Waals surface area contributed by atoms with Gasteiger partial charge in [-0.1, -0.05) is 35.3 Å². The number of hydrogen-bond acceptors (Lipinski definition) is 11. The maximum absolute atomic E-state index is 12.1. The predicted octanol–water partition coefficient (Wildman–Crippen LogP) is 3.48. The first-order valence-corrected chi connectivity index (χ1v) is 12.7. The minimum atomic E-state index is -1.28. The second kappa shape index (κ2) is 13.2. The average molecular weight is 583 g/mol. The lowest BCUT2D eigenvalue weighted by Crippen LogP contribution is -2.59. The molecule has 5 atom stereocenters. The summed E-state index contributed by atoms with van der Waals surface area (Å²) < 4.78 is 27.9. The van der Waals surface area contributed by atoms with Crippen LogP contribution in [0.2, 0.25) is 10.2 Å². The third-order valence-corrected chi connectivity index (χ3v) is 6.48. The van der Waals surface area contributed by atoms with Crippen LogP contribution in [0.15, 0.2) is 24.3 Å². The molecule has 210 valence electrons. The number of rotatable bonds is 8. The van der Waals surface area contributed by atoms with Crippen LogP contribution in [0.5, 0.6) is 0 Å². The lowest BCUT2D eigenvalue weighted by atomic mass is 9.89. The first kappa shape index (κ1) is 30.3. The summed E-state index contributed by atoms with van der Waals surface area (Å²) in [6, 6.07) is 6.81. The second-order valence-electron chi connectivity index (χ2n) is 8.96. The van der Waals surface area contributed by atoms with Crippen molar-refractivity contribution in [2.24, 2.45) is 0 Å². The Labute approximate surface area is 235 Å². The molecule has 2 aromatic rings. The molecule has 39 heavy (non-hydrogen) atoms. The van der Waals surface area contributed by atoms with Gasteiger partial charge in [0.15, 0.2) is 23.5 Å². The van der Waals surface area contributed by atoms with Crippen LogP contribution in [0.4, 0.5) is 0 Å². The number of carbonyl (C=O) groups is 4. The first-order chi connectivity index (χ1) is 18.3. The highest BCUT2D eigenvalue weighted by molar-refractivity contribution is 6.31. The van der Waals surface area contributed by atoms with Gasteiger partial charge in [-0.25, -0.2) is 0 Å². The third-order valence-electron chi connectivity index (χ3n) is 5.74. The van der Waals surface area contributed by atoms with Gasteiger partial charge in [0.25, 0.3) is 0 Å². The van der Waals surface area contributed by atoms with Crippen molar-refractivity contribution in [3.05, 3.63) is 56.8 Å². The van der Waals surface area contributed by atoms with Gasteiger partial charge in [-0.15, -0.1) is 5.10 Å². The molecule has 0 bridgehead atoms. The Morgan fingerprint density at radius 2 is 1.46 bits per heavy atom. The Morgan fingerprint density at radius 3 is 2.05 bits per heavy atom. The summed E-state index contributed by atoms with van der Waals surface area (Å²) >= 11 is 12.5. The maximum atomic E-state index is 12.1. The second-order valence-corrected chi connectivity index (χ2v) is 9.72. The van der Waals surface area contributed by atoms with Crippen molar-refractivity contribution in [3.63, 3.8) is 0 Å². The van der Waals surface area contributed by atoms with Gasteiger partial charge in [0.05, 0.1) is 5.69 Å². The molecule has 1 aromatic carbocycles. The molecule has 11 nitrogen and oxygen atoms in total. The number of benzene rings is 1. The fourth-order valence-electron chi connectivity index (χ4n) is 4.21. The number of carbonyl (C=O) groups excluding carboxylic acids is 4. The minimum absolute atomic E-state index is 0.288. The number of halogens is 2. The zero-order valence-corrected chi connectivity index (χ0v) is 23.4. The largest absolute Gasteiger partial charge is 0.463 e. The van der Waals surface area contributed by atoms with E-state index in [1.54, 1.807) is 31.2 Å². The topological polar surface area (TPSA) is 140 Å². The molecule has 0 N–H and O–H groups in total. The van der Waals surface area contributed by atoms with Crippen LogP contribution in [0, 0.1) is 6.92 Å². The summed E-state index contributed by atoms with van der Waals surface area (Å²) in [5.74, 6) is -2.71. The summed E-state index contributed by atoms with van der Waals surface area (Å²) in [4.78, 5) is 47.7. The highest BCUT2D eigenvalue weighted by Crippen LogP contribution is 2.39. The highest BCUT2D eigenvalue weighted by Gasteiger charge is 2.52. The van der Waals surface area contributed by atoms with E-state index in [1.807, 2.05) is 0 Å². The van der Waals surface area contributed by atoms with Gasteiger partial charge >= 0.3 is 23.9 Å². The van der Waals surface area contributed by atoms with Gasteiger partial charge in [0.2, 0.25) is 0 Å². The van der Waals surface area contributed by atoms with E-state index >= 15 is 0 Å². The van der Waals surface area contributed by atoms with Gasteiger partial charge in [-0.05, 0) is 35.7 Å². The first-order valence-electron chi connectivity index (χ1n) is 11.9. The van der Waals surface area contributed by atoms with E-state index < -0.39 is 54.4 Å². The summed E-state index contributed by atoms with van der Waals surface area (Å²) in [6.07, 6.45) is -5.55. The van der Waals surface area contributed by atoms with Gasteiger partial charge in [0, 0.05) is 39.1 Å². The zero-order valence-electron chi connectivity index (χ0n) is 21.9. The van der Waals surface area contributed by atoms with Gasteiger partial charge in [0.1, 0.15) is 18.8 Å². The predicted molar refractivity (Wildman–Crippen MR) is 137 cm³/mol. The fourth-order valence-corrected chi connectivity index (χ4v) is 4.49. The van der Waals surface area contributed by atoms with Crippen LogP contribution in [-0.2, 0) is 49.3 Å². The summed E-state index contributed by atoms with van der Waals surface area (Å²) in [6.45, 7) is 6.19. The molecular formula is C26H28Cl2N2O9. The van der Waals surface area contributed by atoms with Crippen LogP contribution in [-0.4, -0.2) is 65.1 Å².